The van der Waals surface area contributed by atoms with Crippen molar-refractivity contribution in [2.75, 3.05) is 7.05 Å². The molecule has 0 aromatic heterocycles. The van der Waals surface area contributed by atoms with Gasteiger partial charge in [-0.3, -0.25) is 0 Å². The van der Waals surface area contributed by atoms with Crippen LogP contribution in [0.15, 0.2) is 24.4 Å². The minimum atomic E-state index is -0.280. The van der Waals surface area contributed by atoms with Crippen molar-refractivity contribution in [3.8, 4) is 0 Å². The highest BCUT2D eigenvalue weighted by molar-refractivity contribution is 5.02. The minimum absolute atomic E-state index is 0.280. The van der Waals surface area contributed by atoms with Gasteiger partial charge < -0.3 is 10.6 Å². The Morgan fingerprint density at radius 3 is 2.33 bits per heavy atom. The van der Waals surface area contributed by atoms with Crippen LogP contribution in [0.25, 0.3) is 0 Å². The van der Waals surface area contributed by atoms with Gasteiger partial charge in [-0.05, 0) is 13.1 Å². The van der Waals surface area contributed by atoms with Crippen molar-refractivity contribution < 1.29 is 4.39 Å². The Kier molecular flexibility index (Phi) is 3.51. The molecule has 2 N–H and O–H groups in total. The zero-order valence-corrected chi connectivity index (χ0v) is 5.66. The molecule has 0 saturated heterocycles. The van der Waals surface area contributed by atoms with Crippen LogP contribution in [0, 0.1) is 0 Å². The average Bonchev–Trinajstić information content (AvgIpc) is 1.82. The molecule has 0 fully saturated rings. The van der Waals surface area contributed by atoms with Gasteiger partial charge in [0.1, 0.15) is 11.6 Å². The lowest BCUT2D eigenvalue weighted by Crippen LogP contribution is -2.19. The maximum atomic E-state index is 12.3. The van der Waals surface area contributed by atoms with E-state index in [0.29, 0.717) is 5.82 Å². The average molecular weight is 130 g/mol. The fourth-order valence-electron chi connectivity index (χ4n) is 0.446. The van der Waals surface area contributed by atoms with Gasteiger partial charge >= 0.3 is 0 Å². The van der Waals surface area contributed by atoms with Crippen LogP contribution in [-0.2, 0) is 0 Å². The summed E-state index contributed by atoms with van der Waals surface area (Å²) in [4.78, 5) is 0. The molecule has 0 aliphatic heterocycles. The molecule has 0 aromatic carbocycles. The third-order valence-electron chi connectivity index (χ3n) is 0.841. The lowest BCUT2D eigenvalue weighted by molar-refractivity contribution is 0.600. The predicted molar refractivity (Wildman–Crippen MR) is 36.2 cm³/mol. The van der Waals surface area contributed by atoms with Gasteiger partial charge in [0, 0.05) is 7.05 Å². The summed E-state index contributed by atoms with van der Waals surface area (Å²) in [5.74, 6) is 0.0717. The molecule has 0 aliphatic carbocycles. The molecule has 0 rings (SSSR count). The molecule has 2 nitrogen and oxygen atoms in total. The van der Waals surface area contributed by atoms with E-state index in [2.05, 4.69) is 17.2 Å². The normalized spacial score (nSPS) is 11.9. The summed E-state index contributed by atoms with van der Waals surface area (Å²) in [5, 5.41) is 5.21. The number of nitrogens with one attached hydrogen (secondary N) is 2. The molecular formula is C6H11FN2. The fourth-order valence-corrected chi connectivity index (χ4v) is 0.446. The standard InChI is InChI=1S/C6H11FN2/c1-4-9-6(8-3)5(2)7/h4,8-9H,1H2,2-3H3/b6-5-. The van der Waals surface area contributed by atoms with Gasteiger partial charge in [-0.25, -0.2) is 4.39 Å². The first-order valence-electron chi connectivity index (χ1n) is 2.64. The van der Waals surface area contributed by atoms with Crippen LogP contribution in [0.4, 0.5) is 4.39 Å². The molecule has 0 aliphatic rings. The van der Waals surface area contributed by atoms with Crippen molar-refractivity contribution in [1.29, 1.82) is 0 Å². The second kappa shape index (κ2) is 3.95. The Labute approximate surface area is 54.5 Å². The van der Waals surface area contributed by atoms with Crippen molar-refractivity contribution in [3.05, 3.63) is 24.4 Å². The zero-order chi connectivity index (χ0) is 7.28. The Morgan fingerprint density at radius 1 is 1.67 bits per heavy atom. The SMILES string of the molecule is C=CN/C(NC)=C(/C)F. The van der Waals surface area contributed by atoms with E-state index in [4.69, 9.17) is 0 Å². The second-order valence-electron chi connectivity index (χ2n) is 1.51. The van der Waals surface area contributed by atoms with Crippen molar-refractivity contribution in [3.63, 3.8) is 0 Å². The number of rotatable bonds is 3. The summed E-state index contributed by atoms with van der Waals surface area (Å²) in [6.07, 6.45) is 1.41. The van der Waals surface area contributed by atoms with Gasteiger partial charge in [-0.1, -0.05) is 6.58 Å². The summed E-state index contributed by atoms with van der Waals surface area (Å²) in [6, 6.07) is 0. The topological polar surface area (TPSA) is 24.1 Å². The van der Waals surface area contributed by atoms with Crippen LogP contribution >= 0.6 is 0 Å². The molecule has 9 heavy (non-hydrogen) atoms. The van der Waals surface area contributed by atoms with E-state index in [9.17, 15) is 4.39 Å². The van der Waals surface area contributed by atoms with Crippen molar-refractivity contribution in [2.45, 2.75) is 6.92 Å². The van der Waals surface area contributed by atoms with Gasteiger partial charge in [-0.15, -0.1) is 0 Å². The summed E-state index contributed by atoms with van der Waals surface area (Å²) >= 11 is 0. The Bertz CT molecular complexity index is 125. The molecule has 0 heterocycles. The third kappa shape index (κ3) is 2.74. The van der Waals surface area contributed by atoms with Crippen LogP contribution in [0.2, 0.25) is 0 Å². The van der Waals surface area contributed by atoms with E-state index in [1.807, 2.05) is 0 Å². The monoisotopic (exact) mass is 130 g/mol. The molecule has 0 amide bonds. The van der Waals surface area contributed by atoms with Gasteiger partial charge in [0.2, 0.25) is 0 Å². The summed E-state index contributed by atoms with van der Waals surface area (Å²) in [6.45, 7) is 4.74. The first-order valence-corrected chi connectivity index (χ1v) is 2.64. The van der Waals surface area contributed by atoms with E-state index < -0.39 is 0 Å². The van der Waals surface area contributed by atoms with Gasteiger partial charge in [-0.2, -0.15) is 0 Å². The van der Waals surface area contributed by atoms with E-state index in [-0.39, 0.29) is 5.83 Å². The molecule has 0 atom stereocenters. The first kappa shape index (κ1) is 8.01. The lowest BCUT2D eigenvalue weighted by Gasteiger charge is -2.04. The van der Waals surface area contributed by atoms with Crippen molar-refractivity contribution >= 4 is 0 Å². The van der Waals surface area contributed by atoms with Crippen molar-refractivity contribution in [1.82, 2.24) is 10.6 Å². The van der Waals surface area contributed by atoms with Crippen LogP contribution in [0.1, 0.15) is 6.92 Å². The number of allylic oxidation sites excluding steroid dienone is 1. The van der Waals surface area contributed by atoms with Crippen LogP contribution < -0.4 is 10.6 Å². The smallest absolute Gasteiger partial charge is 0.137 e. The van der Waals surface area contributed by atoms with Gasteiger partial charge in [0.15, 0.2) is 0 Å². The highest BCUT2D eigenvalue weighted by Crippen LogP contribution is 1.96. The Balaban J connectivity index is 3.97. The zero-order valence-electron chi connectivity index (χ0n) is 5.66. The molecule has 0 saturated carbocycles. The maximum absolute atomic E-state index is 12.3. The van der Waals surface area contributed by atoms with Gasteiger partial charge in [0.25, 0.3) is 0 Å². The molecule has 0 aromatic rings. The largest absolute Gasteiger partial charge is 0.373 e. The first-order chi connectivity index (χ1) is 4.22. The van der Waals surface area contributed by atoms with Crippen molar-refractivity contribution in [2.24, 2.45) is 0 Å². The minimum Gasteiger partial charge on any atom is -0.373 e. The summed E-state index contributed by atoms with van der Waals surface area (Å²) in [5.41, 5.74) is 0. The van der Waals surface area contributed by atoms with Gasteiger partial charge in [0.05, 0.1) is 0 Å². The Hall–Kier alpha value is -0.990. The molecular weight excluding hydrogens is 119 g/mol. The van der Waals surface area contributed by atoms with E-state index in [1.54, 1.807) is 7.05 Å². The molecule has 52 valence electrons. The molecule has 0 spiro atoms. The summed E-state index contributed by atoms with van der Waals surface area (Å²) < 4.78 is 12.3. The van der Waals surface area contributed by atoms with Crippen LogP contribution in [-0.4, -0.2) is 7.05 Å². The molecule has 0 unspecified atom stereocenters. The fraction of sp³-hybridized carbons (Fsp3) is 0.333. The molecule has 0 radical (unpaired) electrons. The lowest BCUT2D eigenvalue weighted by atomic mass is 10.5. The number of halogens is 1. The van der Waals surface area contributed by atoms with Crippen LogP contribution in [0.5, 0.6) is 0 Å². The Morgan fingerprint density at radius 2 is 2.22 bits per heavy atom. The van der Waals surface area contributed by atoms with E-state index in [0.717, 1.165) is 0 Å². The van der Waals surface area contributed by atoms with E-state index in [1.165, 1.54) is 13.1 Å². The summed E-state index contributed by atoms with van der Waals surface area (Å²) in [7, 11) is 1.63. The predicted octanol–water partition coefficient (Wildman–Crippen LogP) is 1.10. The quantitative estimate of drug-likeness (QED) is 0.597. The molecule has 3 heteroatoms. The highest BCUT2D eigenvalue weighted by atomic mass is 19.1. The van der Waals surface area contributed by atoms with Crippen LogP contribution in [0.3, 0.4) is 0 Å². The number of hydrogen-bond donors (Lipinski definition) is 2. The second-order valence-corrected chi connectivity index (χ2v) is 1.51. The highest BCUT2D eigenvalue weighted by Gasteiger charge is 1.93. The third-order valence-corrected chi connectivity index (χ3v) is 0.841. The maximum Gasteiger partial charge on any atom is 0.137 e. The molecule has 0 bridgehead atoms. The number of hydrogen-bond acceptors (Lipinski definition) is 2. The van der Waals surface area contributed by atoms with E-state index >= 15 is 0 Å².